The van der Waals surface area contributed by atoms with Crippen LogP contribution in [0.5, 0.6) is 0 Å². The molecule has 0 aromatic carbocycles. The standard InChI is InChI=1S/C12H24N2O2/c1-2-4-11(13)12(15)14-7-3-8-16-9-10-5-6-10/h10-11H,2-9,13H2,1H3,(H,14,15)/t11-/m1/s1. The van der Waals surface area contributed by atoms with Gasteiger partial charge in [-0.15, -0.1) is 0 Å². The predicted octanol–water partition coefficient (Wildman–Crippen LogP) is 1.05. The monoisotopic (exact) mass is 228 g/mol. The number of nitrogens with one attached hydrogen (secondary N) is 1. The molecule has 0 bridgehead atoms. The number of nitrogens with two attached hydrogens (primary N) is 1. The minimum absolute atomic E-state index is 0.0379. The summed E-state index contributed by atoms with van der Waals surface area (Å²) in [5.74, 6) is 0.775. The molecule has 1 aliphatic rings. The fourth-order valence-corrected chi connectivity index (χ4v) is 1.49. The van der Waals surface area contributed by atoms with E-state index in [2.05, 4.69) is 5.32 Å². The van der Waals surface area contributed by atoms with E-state index < -0.39 is 0 Å². The Kier molecular flexibility index (Phi) is 6.42. The molecule has 3 N–H and O–H groups in total. The summed E-state index contributed by atoms with van der Waals surface area (Å²) in [5.41, 5.74) is 5.67. The van der Waals surface area contributed by atoms with Crippen molar-refractivity contribution in [2.24, 2.45) is 11.7 Å². The van der Waals surface area contributed by atoms with Gasteiger partial charge in [0.25, 0.3) is 0 Å². The normalized spacial score (nSPS) is 17.1. The SMILES string of the molecule is CCC[C@@H](N)C(=O)NCCCOCC1CC1. The summed E-state index contributed by atoms with van der Waals surface area (Å²) in [6, 6.07) is -0.350. The minimum atomic E-state index is -0.350. The van der Waals surface area contributed by atoms with Crippen LogP contribution in [0.2, 0.25) is 0 Å². The van der Waals surface area contributed by atoms with Crippen molar-refractivity contribution >= 4 is 5.91 Å². The Hall–Kier alpha value is -0.610. The molecule has 1 aliphatic carbocycles. The van der Waals surface area contributed by atoms with E-state index in [0.717, 1.165) is 38.4 Å². The van der Waals surface area contributed by atoms with Crippen molar-refractivity contribution in [1.82, 2.24) is 5.32 Å². The smallest absolute Gasteiger partial charge is 0.236 e. The molecule has 0 saturated heterocycles. The van der Waals surface area contributed by atoms with Crippen LogP contribution in [0.3, 0.4) is 0 Å². The maximum absolute atomic E-state index is 11.4. The van der Waals surface area contributed by atoms with Gasteiger partial charge < -0.3 is 15.8 Å². The van der Waals surface area contributed by atoms with Gasteiger partial charge in [-0.05, 0) is 31.6 Å². The molecule has 94 valence electrons. The highest BCUT2D eigenvalue weighted by atomic mass is 16.5. The predicted molar refractivity (Wildman–Crippen MR) is 64.1 cm³/mol. The van der Waals surface area contributed by atoms with Crippen molar-refractivity contribution in [3.63, 3.8) is 0 Å². The second-order valence-corrected chi connectivity index (χ2v) is 4.56. The summed E-state index contributed by atoms with van der Waals surface area (Å²) in [7, 11) is 0. The summed E-state index contributed by atoms with van der Waals surface area (Å²) in [5, 5.41) is 2.83. The van der Waals surface area contributed by atoms with E-state index in [0.29, 0.717) is 6.54 Å². The topological polar surface area (TPSA) is 64.4 Å². The lowest BCUT2D eigenvalue weighted by Crippen LogP contribution is -2.40. The Morgan fingerprint density at radius 1 is 1.56 bits per heavy atom. The number of carbonyl (C=O) groups excluding carboxylic acids is 1. The van der Waals surface area contributed by atoms with Gasteiger partial charge in [-0.3, -0.25) is 4.79 Å². The van der Waals surface area contributed by atoms with Gasteiger partial charge in [0.1, 0.15) is 0 Å². The van der Waals surface area contributed by atoms with Crippen molar-refractivity contribution in [2.45, 2.75) is 45.1 Å². The van der Waals surface area contributed by atoms with Crippen molar-refractivity contribution < 1.29 is 9.53 Å². The highest BCUT2D eigenvalue weighted by Crippen LogP contribution is 2.28. The number of hydrogen-bond acceptors (Lipinski definition) is 3. The Balaban J connectivity index is 1.86. The average molecular weight is 228 g/mol. The second kappa shape index (κ2) is 7.63. The largest absolute Gasteiger partial charge is 0.381 e. The lowest BCUT2D eigenvalue weighted by molar-refractivity contribution is -0.122. The third-order valence-corrected chi connectivity index (χ3v) is 2.75. The van der Waals surface area contributed by atoms with Gasteiger partial charge in [-0.25, -0.2) is 0 Å². The van der Waals surface area contributed by atoms with Crippen molar-refractivity contribution in [1.29, 1.82) is 0 Å². The van der Waals surface area contributed by atoms with E-state index >= 15 is 0 Å². The molecule has 1 saturated carbocycles. The summed E-state index contributed by atoms with van der Waals surface area (Å²) in [4.78, 5) is 11.4. The van der Waals surface area contributed by atoms with Crippen LogP contribution in [0.25, 0.3) is 0 Å². The molecular formula is C12H24N2O2. The van der Waals surface area contributed by atoms with Crippen molar-refractivity contribution in [3.05, 3.63) is 0 Å². The first-order chi connectivity index (χ1) is 7.74. The number of hydrogen-bond donors (Lipinski definition) is 2. The van der Waals surface area contributed by atoms with Gasteiger partial charge in [0, 0.05) is 19.8 Å². The van der Waals surface area contributed by atoms with Crippen LogP contribution in [0, 0.1) is 5.92 Å². The molecule has 16 heavy (non-hydrogen) atoms. The van der Waals surface area contributed by atoms with Crippen LogP contribution in [0.4, 0.5) is 0 Å². The summed E-state index contributed by atoms with van der Waals surface area (Å²) < 4.78 is 5.46. The van der Waals surface area contributed by atoms with E-state index in [4.69, 9.17) is 10.5 Å². The zero-order chi connectivity index (χ0) is 11.8. The molecule has 1 amide bonds. The molecular weight excluding hydrogens is 204 g/mol. The van der Waals surface area contributed by atoms with Gasteiger partial charge in [-0.1, -0.05) is 13.3 Å². The van der Waals surface area contributed by atoms with Gasteiger partial charge >= 0.3 is 0 Å². The molecule has 0 spiro atoms. The van der Waals surface area contributed by atoms with Gasteiger partial charge in [0.05, 0.1) is 6.04 Å². The molecule has 4 nitrogen and oxygen atoms in total. The van der Waals surface area contributed by atoms with E-state index in [1.165, 1.54) is 12.8 Å². The van der Waals surface area contributed by atoms with Crippen molar-refractivity contribution in [2.75, 3.05) is 19.8 Å². The maximum atomic E-state index is 11.4. The molecule has 0 aromatic rings. The second-order valence-electron chi connectivity index (χ2n) is 4.56. The molecule has 4 heteroatoms. The van der Waals surface area contributed by atoms with E-state index in [1.807, 2.05) is 6.92 Å². The fourth-order valence-electron chi connectivity index (χ4n) is 1.49. The molecule has 1 fully saturated rings. The lowest BCUT2D eigenvalue weighted by atomic mass is 10.2. The Bertz CT molecular complexity index is 205. The van der Waals surface area contributed by atoms with Gasteiger partial charge in [-0.2, -0.15) is 0 Å². The van der Waals surface area contributed by atoms with Crippen LogP contribution in [0.15, 0.2) is 0 Å². The molecule has 1 rings (SSSR count). The van der Waals surface area contributed by atoms with Crippen LogP contribution < -0.4 is 11.1 Å². The highest BCUT2D eigenvalue weighted by Gasteiger charge is 2.20. The minimum Gasteiger partial charge on any atom is -0.381 e. The molecule has 0 heterocycles. The number of rotatable bonds is 9. The third-order valence-electron chi connectivity index (χ3n) is 2.75. The van der Waals surface area contributed by atoms with Crippen LogP contribution in [-0.4, -0.2) is 31.7 Å². The first kappa shape index (κ1) is 13.5. The molecule has 1 atom stereocenters. The lowest BCUT2D eigenvalue weighted by Gasteiger charge is -2.11. The van der Waals surface area contributed by atoms with Crippen LogP contribution >= 0.6 is 0 Å². The van der Waals surface area contributed by atoms with E-state index in [1.54, 1.807) is 0 Å². The molecule has 0 aliphatic heterocycles. The maximum Gasteiger partial charge on any atom is 0.236 e. The number of ether oxygens (including phenoxy) is 1. The fraction of sp³-hybridized carbons (Fsp3) is 0.917. The molecule has 0 unspecified atom stereocenters. The summed E-state index contributed by atoms with van der Waals surface area (Å²) >= 11 is 0. The molecule has 0 radical (unpaired) electrons. The number of carbonyl (C=O) groups is 1. The third kappa shape index (κ3) is 6.08. The first-order valence-electron chi connectivity index (χ1n) is 6.35. The summed E-state index contributed by atoms with van der Waals surface area (Å²) in [6.07, 6.45) is 5.21. The number of amides is 1. The van der Waals surface area contributed by atoms with Crippen LogP contribution in [0.1, 0.15) is 39.0 Å². The van der Waals surface area contributed by atoms with Crippen molar-refractivity contribution in [3.8, 4) is 0 Å². The zero-order valence-corrected chi connectivity index (χ0v) is 10.2. The van der Waals surface area contributed by atoms with Gasteiger partial charge in [0.2, 0.25) is 5.91 Å². The first-order valence-corrected chi connectivity index (χ1v) is 6.35. The quantitative estimate of drug-likeness (QED) is 0.580. The molecule has 0 aromatic heterocycles. The summed E-state index contributed by atoms with van der Waals surface area (Å²) in [6.45, 7) is 4.32. The zero-order valence-electron chi connectivity index (χ0n) is 10.2. The Morgan fingerprint density at radius 3 is 2.94 bits per heavy atom. The average Bonchev–Trinajstić information content (AvgIpc) is 3.07. The van der Waals surface area contributed by atoms with E-state index in [-0.39, 0.29) is 11.9 Å². The Morgan fingerprint density at radius 2 is 2.31 bits per heavy atom. The Labute approximate surface area is 97.9 Å². The van der Waals surface area contributed by atoms with Crippen LogP contribution in [-0.2, 0) is 9.53 Å². The van der Waals surface area contributed by atoms with E-state index in [9.17, 15) is 4.79 Å². The van der Waals surface area contributed by atoms with Gasteiger partial charge in [0.15, 0.2) is 0 Å². The highest BCUT2D eigenvalue weighted by molar-refractivity contribution is 5.81.